The van der Waals surface area contributed by atoms with E-state index in [4.69, 9.17) is 10.8 Å². The number of hydrogen-bond acceptors (Lipinski definition) is 3. The van der Waals surface area contributed by atoms with Gasteiger partial charge < -0.3 is 0 Å². The Hall–Kier alpha value is -2.05. The number of hydrogen-bond donors (Lipinski definition) is 0. The third-order valence-electron chi connectivity index (χ3n) is 2.87. The van der Waals surface area contributed by atoms with E-state index in [0.29, 0.717) is 11.3 Å². The summed E-state index contributed by atoms with van der Waals surface area (Å²) < 4.78 is 0. The minimum absolute atomic E-state index is 0.159. The van der Waals surface area contributed by atoms with Crippen LogP contribution in [0.25, 0.3) is 10.4 Å². The Kier molecular flexibility index (Phi) is 3.04. The number of fused-ring (bicyclic) bond motifs is 1. The molecule has 0 bridgehead atoms. The van der Waals surface area contributed by atoms with Crippen molar-refractivity contribution in [1.29, 1.82) is 5.26 Å². The zero-order valence-corrected chi connectivity index (χ0v) is 8.85. The van der Waals surface area contributed by atoms with Crippen molar-refractivity contribution in [2.45, 2.75) is 32.2 Å². The van der Waals surface area contributed by atoms with E-state index in [-0.39, 0.29) is 6.54 Å². The molecule has 5 heteroatoms. The molecular formula is C11H11N5. The topological polar surface area (TPSA) is 85.4 Å². The molecule has 5 nitrogen and oxygen atoms in total. The fourth-order valence-electron chi connectivity index (χ4n) is 2.10. The van der Waals surface area contributed by atoms with Crippen molar-refractivity contribution >= 4 is 0 Å². The molecule has 0 atom stereocenters. The molecule has 0 aliphatic heterocycles. The number of azide groups is 1. The van der Waals surface area contributed by atoms with Gasteiger partial charge in [-0.05, 0) is 42.3 Å². The number of nitrogens with zero attached hydrogens (tertiary/aromatic N) is 5. The highest BCUT2D eigenvalue weighted by Crippen LogP contribution is 2.25. The molecule has 0 radical (unpaired) electrons. The second-order valence-corrected chi connectivity index (χ2v) is 3.79. The van der Waals surface area contributed by atoms with Gasteiger partial charge in [0.1, 0.15) is 6.07 Å². The fraction of sp³-hybridized carbons (Fsp3) is 0.455. The van der Waals surface area contributed by atoms with Crippen LogP contribution in [-0.4, -0.2) is 4.98 Å². The van der Waals surface area contributed by atoms with Crippen LogP contribution in [-0.2, 0) is 19.4 Å². The summed E-state index contributed by atoms with van der Waals surface area (Å²) in [7, 11) is 0. The van der Waals surface area contributed by atoms with E-state index in [1.54, 1.807) is 0 Å². The standard InChI is InChI=1S/C11H11N5/c12-5-10-9-4-2-1-3-8(9)6-14-11(10)7-15-16-13/h6H,1-4,7H2. The summed E-state index contributed by atoms with van der Waals surface area (Å²) in [5.41, 5.74) is 11.8. The number of aromatic nitrogens is 1. The van der Waals surface area contributed by atoms with Crippen LogP contribution in [0.15, 0.2) is 11.3 Å². The maximum absolute atomic E-state index is 9.15. The molecule has 1 heterocycles. The molecule has 0 N–H and O–H groups in total. The molecular weight excluding hydrogens is 202 g/mol. The van der Waals surface area contributed by atoms with Gasteiger partial charge >= 0.3 is 0 Å². The zero-order valence-electron chi connectivity index (χ0n) is 8.85. The quantitative estimate of drug-likeness (QED) is 0.429. The minimum Gasteiger partial charge on any atom is -0.259 e. The largest absolute Gasteiger partial charge is 0.259 e. The Morgan fingerprint density at radius 1 is 1.50 bits per heavy atom. The molecule has 0 amide bonds. The van der Waals surface area contributed by atoms with Crippen molar-refractivity contribution in [3.63, 3.8) is 0 Å². The molecule has 0 unspecified atom stereocenters. The maximum Gasteiger partial charge on any atom is 0.101 e. The molecule has 2 rings (SSSR count). The van der Waals surface area contributed by atoms with Crippen molar-refractivity contribution in [2.24, 2.45) is 5.11 Å². The smallest absolute Gasteiger partial charge is 0.101 e. The van der Waals surface area contributed by atoms with Gasteiger partial charge in [-0.2, -0.15) is 5.26 Å². The summed E-state index contributed by atoms with van der Waals surface area (Å²) in [6, 6.07) is 2.19. The van der Waals surface area contributed by atoms with E-state index in [1.165, 1.54) is 5.56 Å². The van der Waals surface area contributed by atoms with Crippen molar-refractivity contribution < 1.29 is 0 Å². The predicted molar refractivity (Wildman–Crippen MR) is 58.4 cm³/mol. The Morgan fingerprint density at radius 2 is 2.31 bits per heavy atom. The summed E-state index contributed by atoms with van der Waals surface area (Å²) in [6.07, 6.45) is 6.03. The first-order chi connectivity index (χ1) is 7.86. The number of pyridine rings is 1. The minimum atomic E-state index is 0.159. The highest BCUT2D eigenvalue weighted by molar-refractivity contribution is 5.46. The van der Waals surface area contributed by atoms with E-state index in [0.717, 1.165) is 31.2 Å². The summed E-state index contributed by atoms with van der Waals surface area (Å²) >= 11 is 0. The van der Waals surface area contributed by atoms with E-state index in [2.05, 4.69) is 21.1 Å². The lowest BCUT2D eigenvalue weighted by molar-refractivity contribution is 0.677. The van der Waals surface area contributed by atoms with Gasteiger partial charge in [0.25, 0.3) is 0 Å². The van der Waals surface area contributed by atoms with E-state index >= 15 is 0 Å². The van der Waals surface area contributed by atoms with E-state index < -0.39 is 0 Å². The van der Waals surface area contributed by atoms with Gasteiger partial charge in [-0.15, -0.1) is 0 Å². The monoisotopic (exact) mass is 213 g/mol. The Bertz CT molecular complexity index is 494. The lowest BCUT2D eigenvalue weighted by Crippen LogP contribution is -2.09. The van der Waals surface area contributed by atoms with Crippen LogP contribution >= 0.6 is 0 Å². The van der Waals surface area contributed by atoms with Crippen molar-refractivity contribution in [3.8, 4) is 6.07 Å². The summed E-state index contributed by atoms with van der Waals surface area (Å²) in [5.74, 6) is 0. The lowest BCUT2D eigenvalue weighted by atomic mass is 9.89. The molecule has 0 saturated heterocycles. The first-order valence-electron chi connectivity index (χ1n) is 5.27. The Balaban J connectivity index is 2.48. The van der Waals surface area contributed by atoms with Crippen LogP contribution in [0.3, 0.4) is 0 Å². The SMILES string of the molecule is N#Cc1c(CN=[N+]=[N-])ncc2c1CCCC2. The summed E-state index contributed by atoms with van der Waals surface area (Å²) in [5, 5.41) is 12.6. The van der Waals surface area contributed by atoms with E-state index in [9.17, 15) is 0 Å². The lowest BCUT2D eigenvalue weighted by Gasteiger charge is -2.17. The molecule has 80 valence electrons. The van der Waals surface area contributed by atoms with Crippen molar-refractivity contribution in [1.82, 2.24) is 4.98 Å². The van der Waals surface area contributed by atoms with Crippen LogP contribution < -0.4 is 0 Å². The highest BCUT2D eigenvalue weighted by Gasteiger charge is 2.16. The Morgan fingerprint density at radius 3 is 3.06 bits per heavy atom. The maximum atomic E-state index is 9.15. The molecule has 16 heavy (non-hydrogen) atoms. The van der Waals surface area contributed by atoms with Gasteiger partial charge in [0.15, 0.2) is 0 Å². The average Bonchev–Trinajstić information content (AvgIpc) is 2.35. The molecule has 1 aliphatic rings. The van der Waals surface area contributed by atoms with Crippen LogP contribution in [0, 0.1) is 11.3 Å². The third kappa shape index (κ3) is 1.83. The predicted octanol–water partition coefficient (Wildman–Crippen LogP) is 2.64. The zero-order chi connectivity index (χ0) is 11.4. The normalized spacial score (nSPS) is 13.4. The van der Waals surface area contributed by atoms with Gasteiger partial charge in [-0.1, -0.05) is 5.11 Å². The van der Waals surface area contributed by atoms with Gasteiger partial charge in [-0.25, -0.2) is 0 Å². The van der Waals surface area contributed by atoms with Crippen LogP contribution in [0.4, 0.5) is 0 Å². The van der Waals surface area contributed by atoms with Crippen LogP contribution in [0.1, 0.15) is 35.2 Å². The number of aryl methyl sites for hydroxylation is 1. The molecule has 1 aliphatic carbocycles. The van der Waals surface area contributed by atoms with Crippen LogP contribution in [0.2, 0.25) is 0 Å². The van der Waals surface area contributed by atoms with Gasteiger partial charge in [0.05, 0.1) is 17.8 Å². The molecule has 0 saturated carbocycles. The van der Waals surface area contributed by atoms with Crippen LogP contribution in [0.5, 0.6) is 0 Å². The first-order valence-corrected chi connectivity index (χ1v) is 5.27. The summed E-state index contributed by atoms with van der Waals surface area (Å²) in [6.45, 7) is 0.159. The Labute approximate surface area is 93.4 Å². The second-order valence-electron chi connectivity index (χ2n) is 3.79. The molecule has 1 aromatic rings. The molecule has 0 aromatic carbocycles. The van der Waals surface area contributed by atoms with Crippen molar-refractivity contribution in [2.75, 3.05) is 0 Å². The number of rotatable bonds is 2. The van der Waals surface area contributed by atoms with Gasteiger partial charge in [0, 0.05) is 11.1 Å². The fourth-order valence-corrected chi connectivity index (χ4v) is 2.10. The average molecular weight is 213 g/mol. The first kappa shape index (κ1) is 10.5. The summed E-state index contributed by atoms with van der Waals surface area (Å²) in [4.78, 5) is 6.91. The van der Waals surface area contributed by atoms with Gasteiger partial charge in [-0.3, -0.25) is 4.98 Å². The third-order valence-corrected chi connectivity index (χ3v) is 2.87. The van der Waals surface area contributed by atoms with Gasteiger partial charge in [0.2, 0.25) is 0 Å². The molecule has 0 spiro atoms. The highest BCUT2D eigenvalue weighted by atomic mass is 15.1. The second kappa shape index (κ2) is 4.65. The molecule has 0 fully saturated rings. The number of nitriles is 1. The molecule has 1 aromatic heterocycles. The van der Waals surface area contributed by atoms with E-state index in [1.807, 2.05) is 6.20 Å². The van der Waals surface area contributed by atoms with Crippen molar-refractivity contribution in [3.05, 3.63) is 39.0 Å².